The van der Waals surface area contributed by atoms with Gasteiger partial charge in [0, 0.05) is 5.56 Å². The molecule has 0 bridgehead atoms. The van der Waals surface area contributed by atoms with Gasteiger partial charge in [-0.3, -0.25) is 0 Å². The summed E-state index contributed by atoms with van der Waals surface area (Å²) in [4.78, 5) is 11.7. The summed E-state index contributed by atoms with van der Waals surface area (Å²) < 4.78 is 0. The molecule has 0 saturated heterocycles. The largest absolute Gasteiger partial charge is 0.397 e. The highest BCUT2D eigenvalue weighted by atomic mass is 35.5. The average Bonchev–Trinajstić information content (AvgIpc) is 3.55. The van der Waals surface area contributed by atoms with Crippen molar-refractivity contribution in [3.8, 4) is 11.6 Å². The lowest BCUT2D eigenvalue weighted by molar-refractivity contribution is 0.713. The maximum Gasteiger partial charge on any atom is 0.193 e. The maximum absolute atomic E-state index is 6.01. The second-order valence-corrected chi connectivity index (χ2v) is 6.94. The number of nitrogens with two attached hydrogens (primary N) is 2. The van der Waals surface area contributed by atoms with Gasteiger partial charge in [0.05, 0.1) is 52.6 Å². The van der Waals surface area contributed by atoms with E-state index in [0.717, 1.165) is 47.7 Å². The van der Waals surface area contributed by atoms with E-state index >= 15 is 0 Å². The van der Waals surface area contributed by atoms with Crippen molar-refractivity contribution < 1.29 is 0 Å². The quantitative estimate of drug-likeness (QED) is 0.366. The Morgan fingerprint density at radius 1 is 0.735 bits per heavy atom. The average molecular weight is 541 g/mol. The molecule has 0 aromatic carbocycles. The van der Waals surface area contributed by atoms with Crippen molar-refractivity contribution in [2.45, 2.75) is 40.0 Å². The summed E-state index contributed by atoms with van der Waals surface area (Å²) >= 11 is 6.01. The highest BCUT2D eigenvalue weighted by Crippen LogP contribution is 2.22. The molecule has 4 rings (SSSR count). The Hall–Kier alpha value is -2.24. The van der Waals surface area contributed by atoms with E-state index in [1.165, 1.54) is 9.59 Å². The van der Waals surface area contributed by atoms with Crippen LogP contribution in [0.5, 0.6) is 0 Å². The summed E-state index contributed by atoms with van der Waals surface area (Å²) in [6.07, 6.45) is 8.84. The first-order valence-corrected chi connectivity index (χ1v) is 13.3. The SMILES string of the molecule is CCc1cc(N)c(CC)nc1-n1nccn1.CCc1nc(-n2nccn2)c(Cl)cc1N.P.PP. The third-order valence-corrected chi connectivity index (χ3v) is 4.81. The van der Waals surface area contributed by atoms with Crippen LogP contribution < -0.4 is 11.5 Å². The highest BCUT2D eigenvalue weighted by Gasteiger charge is 2.11. The number of aromatic nitrogens is 8. The monoisotopic (exact) mass is 540 g/mol. The lowest BCUT2D eigenvalue weighted by atomic mass is 10.1. The van der Waals surface area contributed by atoms with Crippen LogP contribution in [0.4, 0.5) is 11.4 Å². The minimum atomic E-state index is 0. The number of hydrogen-bond acceptors (Lipinski definition) is 8. The molecule has 0 saturated carbocycles. The Morgan fingerprint density at radius 3 is 1.59 bits per heavy atom. The normalized spacial score (nSPS) is 9.82. The van der Waals surface area contributed by atoms with Crippen molar-refractivity contribution in [1.82, 2.24) is 40.0 Å². The van der Waals surface area contributed by atoms with Gasteiger partial charge in [-0.15, -0.1) is 27.4 Å². The van der Waals surface area contributed by atoms with E-state index in [-0.39, 0.29) is 9.90 Å². The van der Waals surface area contributed by atoms with Crippen molar-refractivity contribution in [3.05, 3.63) is 58.9 Å². The molecule has 0 fully saturated rings. The number of anilines is 2. The zero-order valence-corrected chi connectivity index (χ0v) is 24.0. The van der Waals surface area contributed by atoms with E-state index in [1.807, 2.05) is 19.9 Å². The van der Waals surface area contributed by atoms with E-state index in [1.54, 1.807) is 30.9 Å². The Morgan fingerprint density at radius 2 is 1.15 bits per heavy atom. The van der Waals surface area contributed by atoms with Gasteiger partial charge in [0.25, 0.3) is 0 Å². The zero-order valence-electron chi connectivity index (χ0n) is 19.6. The number of pyridine rings is 2. The summed E-state index contributed by atoms with van der Waals surface area (Å²) in [7, 11) is 4.67. The van der Waals surface area contributed by atoms with Crippen LogP contribution in [0.25, 0.3) is 11.6 Å². The number of hydrogen-bond donors (Lipinski definition) is 2. The van der Waals surface area contributed by atoms with Gasteiger partial charge in [0.1, 0.15) is 0 Å². The third kappa shape index (κ3) is 7.38. The summed E-state index contributed by atoms with van der Waals surface area (Å²) in [5, 5.41) is 16.6. The Balaban J connectivity index is 0.000000309. The lowest BCUT2D eigenvalue weighted by Gasteiger charge is -2.10. The smallest absolute Gasteiger partial charge is 0.193 e. The van der Waals surface area contributed by atoms with Crippen molar-refractivity contribution in [1.29, 1.82) is 0 Å². The second kappa shape index (κ2) is 14.9. The predicted molar refractivity (Wildman–Crippen MR) is 151 cm³/mol. The zero-order chi connectivity index (χ0) is 24.4. The summed E-state index contributed by atoms with van der Waals surface area (Å²) in [6.45, 7) is 6.08. The van der Waals surface area contributed by atoms with Gasteiger partial charge < -0.3 is 11.5 Å². The third-order valence-electron chi connectivity index (χ3n) is 4.53. The molecule has 10 nitrogen and oxygen atoms in total. The molecule has 0 aliphatic heterocycles. The van der Waals surface area contributed by atoms with Gasteiger partial charge in [0.15, 0.2) is 11.6 Å². The van der Waals surface area contributed by atoms with Crippen LogP contribution in [0.3, 0.4) is 0 Å². The van der Waals surface area contributed by atoms with E-state index in [4.69, 9.17) is 23.1 Å². The standard InChI is InChI=1S/C11H15N5.C9H10ClN5.H4P2.H3P/c1-3-8-7-9(12)10(4-2)15-11(8)16-13-5-6-14-16;1-2-8-7(11)5-6(10)9(14-8)15-12-3-4-13-15;1-2;/h5-7H,3-4,12H2,1-2H3;3-5H,2,11H2,1H3;1-2H2;1H3. The number of nitrogen functional groups attached to an aromatic ring is 2. The summed E-state index contributed by atoms with van der Waals surface area (Å²) in [6, 6.07) is 3.64. The predicted octanol–water partition coefficient (Wildman–Crippen LogP) is 3.54. The van der Waals surface area contributed by atoms with Crippen molar-refractivity contribution in [3.63, 3.8) is 0 Å². The minimum Gasteiger partial charge on any atom is -0.397 e. The molecular formula is C20H32ClN10P3. The molecule has 4 aromatic heterocycles. The van der Waals surface area contributed by atoms with Gasteiger partial charge in [-0.25, -0.2) is 9.97 Å². The molecule has 3 atom stereocenters. The molecule has 4 heterocycles. The second-order valence-electron chi connectivity index (χ2n) is 6.53. The molecule has 184 valence electrons. The first-order chi connectivity index (χ1) is 16.0. The molecule has 0 radical (unpaired) electrons. The Bertz CT molecular complexity index is 1140. The van der Waals surface area contributed by atoms with Gasteiger partial charge in [-0.1, -0.05) is 32.4 Å². The summed E-state index contributed by atoms with van der Waals surface area (Å²) in [5.74, 6) is 1.28. The fourth-order valence-corrected chi connectivity index (χ4v) is 3.16. The van der Waals surface area contributed by atoms with Crippen molar-refractivity contribution in [2.75, 3.05) is 11.5 Å². The summed E-state index contributed by atoms with van der Waals surface area (Å²) in [5.41, 5.74) is 15.8. The van der Waals surface area contributed by atoms with E-state index in [9.17, 15) is 0 Å². The molecule has 0 aliphatic rings. The number of aryl methyl sites for hydroxylation is 3. The molecule has 0 aliphatic carbocycles. The first kappa shape index (κ1) is 29.8. The highest BCUT2D eigenvalue weighted by molar-refractivity contribution is 7.92. The van der Waals surface area contributed by atoms with Gasteiger partial charge >= 0.3 is 0 Å². The fourth-order valence-electron chi connectivity index (χ4n) is 2.92. The molecule has 3 unspecified atom stereocenters. The number of nitrogens with zero attached hydrogens (tertiary/aromatic N) is 8. The van der Waals surface area contributed by atoms with Gasteiger partial charge in [0.2, 0.25) is 0 Å². The fraction of sp³-hybridized carbons (Fsp3) is 0.300. The molecular weight excluding hydrogens is 509 g/mol. The Labute approximate surface area is 212 Å². The van der Waals surface area contributed by atoms with Crippen LogP contribution in [0.2, 0.25) is 5.02 Å². The first-order valence-electron chi connectivity index (χ1n) is 10.3. The molecule has 14 heteroatoms. The van der Waals surface area contributed by atoms with Crippen LogP contribution in [0.15, 0.2) is 36.9 Å². The van der Waals surface area contributed by atoms with Crippen LogP contribution in [-0.4, -0.2) is 40.0 Å². The van der Waals surface area contributed by atoms with Crippen LogP contribution in [0.1, 0.15) is 37.7 Å². The minimum absolute atomic E-state index is 0. The lowest BCUT2D eigenvalue weighted by Crippen LogP contribution is -2.09. The van der Waals surface area contributed by atoms with E-state index in [0.29, 0.717) is 16.5 Å². The number of halogens is 1. The molecule has 4 aromatic rings. The number of rotatable bonds is 5. The van der Waals surface area contributed by atoms with E-state index < -0.39 is 0 Å². The topological polar surface area (TPSA) is 139 Å². The van der Waals surface area contributed by atoms with Crippen molar-refractivity contribution >= 4 is 50.7 Å². The maximum atomic E-state index is 6.01. The molecule has 0 amide bonds. The van der Waals surface area contributed by atoms with Gasteiger partial charge in [-0.05, 0) is 31.4 Å². The van der Waals surface area contributed by atoms with Crippen LogP contribution >= 0.6 is 39.4 Å². The van der Waals surface area contributed by atoms with Crippen molar-refractivity contribution in [2.24, 2.45) is 0 Å². The van der Waals surface area contributed by atoms with Crippen LogP contribution in [-0.2, 0) is 19.3 Å². The Kier molecular flexibility index (Phi) is 13.1. The van der Waals surface area contributed by atoms with E-state index in [2.05, 4.69) is 55.1 Å². The molecule has 34 heavy (non-hydrogen) atoms. The molecule has 0 spiro atoms. The molecule has 4 N–H and O–H groups in total. The van der Waals surface area contributed by atoms with Crippen LogP contribution in [0, 0.1) is 0 Å². The van der Waals surface area contributed by atoms with Gasteiger partial charge in [-0.2, -0.15) is 30.3 Å².